The van der Waals surface area contributed by atoms with Gasteiger partial charge in [0.15, 0.2) is 0 Å². The van der Waals surface area contributed by atoms with Gasteiger partial charge in [0.1, 0.15) is 5.75 Å². The Bertz CT molecular complexity index is 701. The van der Waals surface area contributed by atoms with E-state index in [4.69, 9.17) is 4.74 Å². The summed E-state index contributed by atoms with van der Waals surface area (Å²) in [7, 11) is 1.58. The number of carbonyl (C=O) groups is 1. The summed E-state index contributed by atoms with van der Waals surface area (Å²) in [5, 5.41) is 16.1. The van der Waals surface area contributed by atoms with Crippen molar-refractivity contribution >= 4 is 6.03 Å². The minimum Gasteiger partial charge on any atom is -0.497 e. The van der Waals surface area contributed by atoms with Crippen LogP contribution in [0, 0.1) is 5.92 Å². The van der Waals surface area contributed by atoms with E-state index in [0.717, 1.165) is 18.4 Å². The molecule has 0 heterocycles. The summed E-state index contributed by atoms with van der Waals surface area (Å²) >= 11 is 0. The molecule has 2 amide bonds. The lowest BCUT2D eigenvalue weighted by Crippen LogP contribution is -2.40. The highest BCUT2D eigenvalue weighted by atomic mass is 16.5. The summed E-state index contributed by atoms with van der Waals surface area (Å²) in [6.45, 7) is 0.144. The van der Waals surface area contributed by atoms with Crippen LogP contribution in [-0.2, 0) is 0 Å². The van der Waals surface area contributed by atoms with E-state index in [1.165, 1.54) is 0 Å². The minimum atomic E-state index is -0.781. The Morgan fingerprint density at radius 3 is 2.56 bits per heavy atom. The highest BCUT2D eigenvalue weighted by molar-refractivity contribution is 5.74. The average Bonchev–Trinajstić information content (AvgIpc) is 3.50. The molecular formula is C20H24N2O3. The average molecular weight is 340 g/mol. The number of hydrogen-bond acceptors (Lipinski definition) is 3. The van der Waals surface area contributed by atoms with Gasteiger partial charge in [0.05, 0.1) is 19.3 Å². The van der Waals surface area contributed by atoms with Gasteiger partial charge in [0.2, 0.25) is 0 Å². The zero-order valence-corrected chi connectivity index (χ0v) is 14.3. The Balaban J connectivity index is 1.54. The van der Waals surface area contributed by atoms with E-state index < -0.39 is 6.10 Å². The number of hydrogen-bond donors (Lipinski definition) is 3. The number of ether oxygens (including phenoxy) is 1. The smallest absolute Gasteiger partial charge is 0.315 e. The summed E-state index contributed by atoms with van der Waals surface area (Å²) in [4.78, 5) is 12.3. The molecule has 1 aliphatic carbocycles. The van der Waals surface area contributed by atoms with Crippen LogP contribution in [0.5, 0.6) is 5.75 Å². The fourth-order valence-electron chi connectivity index (χ4n) is 2.91. The van der Waals surface area contributed by atoms with Gasteiger partial charge < -0.3 is 20.5 Å². The van der Waals surface area contributed by atoms with Crippen molar-refractivity contribution in [3.63, 3.8) is 0 Å². The fourth-order valence-corrected chi connectivity index (χ4v) is 2.91. The first-order valence-electron chi connectivity index (χ1n) is 8.58. The molecule has 2 atom stereocenters. The number of aliphatic hydroxyl groups is 1. The molecule has 0 radical (unpaired) electrons. The second-order valence-electron chi connectivity index (χ2n) is 6.37. The first-order chi connectivity index (χ1) is 12.2. The van der Waals surface area contributed by atoms with Crippen LogP contribution < -0.4 is 15.4 Å². The number of nitrogens with one attached hydrogen (secondary N) is 2. The fraction of sp³-hybridized carbons (Fsp3) is 0.350. The van der Waals surface area contributed by atoms with E-state index in [2.05, 4.69) is 10.6 Å². The molecule has 0 bridgehead atoms. The summed E-state index contributed by atoms with van der Waals surface area (Å²) < 4.78 is 5.15. The molecule has 0 spiro atoms. The number of amides is 2. The SMILES string of the molecule is COc1cccc(C(O)CNC(=O)NC(c2ccccc2)C2CC2)c1. The van der Waals surface area contributed by atoms with Crippen molar-refractivity contribution in [3.05, 3.63) is 65.7 Å². The zero-order valence-electron chi connectivity index (χ0n) is 14.3. The maximum Gasteiger partial charge on any atom is 0.315 e. The van der Waals surface area contributed by atoms with Crippen LogP contribution in [0.25, 0.3) is 0 Å². The predicted molar refractivity (Wildman–Crippen MR) is 96.4 cm³/mol. The van der Waals surface area contributed by atoms with Crippen LogP contribution in [0.1, 0.15) is 36.1 Å². The summed E-state index contributed by atoms with van der Waals surface area (Å²) in [6, 6.07) is 17.0. The van der Waals surface area contributed by atoms with Gasteiger partial charge in [-0.05, 0) is 42.0 Å². The zero-order chi connectivity index (χ0) is 17.6. The molecule has 1 fully saturated rings. The predicted octanol–water partition coefficient (Wildman–Crippen LogP) is 3.18. The Labute approximate surface area is 148 Å². The summed E-state index contributed by atoms with van der Waals surface area (Å²) in [5.74, 6) is 1.18. The van der Waals surface area contributed by atoms with E-state index in [1.807, 2.05) is 48.5 Å². The first-order valence-corrected chi connectivity index (χ1v) is 8.58. The lowest BCUT2D eigenvalue weighted by Gasteiger charge is -2.20. The molecule has 3 rings (SSSR count). The minimum absolute atomic E-state index is 0.0233. The van der Waals surface area contributed by atoms with E-state index in [9.17, 15) is 9.90 Å². The van der Waals surface area contributed by atoms with Crippen molar-refractivity contribution in [3.8, 4) is 5.75 Å². The van der Waals surface area contributed by atoms with Crippen molar-refractivity contribution in [1.82, 2.24) is 10.6 Å². The second kappa shape index (κ2) is 8.03. The molecule has 0 aliphatic heterocycles. The molecule has 5 heteroatoms. The van der Waals surface area contributed by atoms with E-state index in [1.54, 1.807) is 13.2 Å². The van der Waals surface area contributed by atoms with Crippen LogP contribution in [0.3, 0.4) is 0 Å². The van der Waals surface area contributed by atoms with Gasteiger partial charge in [-0.25, -0.2) is 4.79 Å². The Morgan fingerprint density at radius 2 is 1.88 bits per heavy atom. The molecule has 0 aromatic heterocycles. The molecular weight excluding hydrogens is 316 g/mol. The lowest BCUT2D eigenvalue weighted by molar-refractivity contribution is 0.172. The largest absolute Gasteiger partial charge is 0.497 e. The van der Waals surface area contributed by atoms with Gasteiger partial charge >= 0.3 is 6.03 Å². The topological polar surface area (TPSA) is 70.6 Å². The van der Waals surface area contributed by atoms with Gasteiger partial charge in [-0.3, -0.25) is 0 Å². The Kier molecular flexibility index (Phi) is 5.56. The lowest BCUT2D eigenvalue weighted by atomic mass is 10.0. The van der Waals surface area contributed by atoms with Crippen LogP contribution >= 0.6 is 0 Å². The summed E-state index contributed by atoms with van der Waals surface area (Å²) in [6.07, 6.45) is 1.48. The van der Waals surface area contributed by atoms with Gasteiger partial charge in [0, 0.05) is 6.54 Å². The van der Waals surface area contributed by atoms with Crippen molar-refractivity contribution in [2.75, 3.05) is 13.7 Å². The second-order valence-corrected chi connectivity index (χ2v) is 6.37. The van der Waals surface area contributed by atoms with Crippen LogP contribution in [0.4, 0.5) is 4.79 Å². The third-order valence-electron chi connectivity index (χ3n) is 4.47. The van der Waals surface area contributed by atoms with Crippen molar-refractivity contribution in [2.24, 2.45) is 5.92 Å². The van der Waals surface area contributed by atoms with Crippen LogP contribution in [-0.4, -0.2) is 24.8 Å². The highest BCUT2D eigenvalue weighted by Crippen LogP contribution is 2.40. The third-order valence-corrected chi connectivity index (χ3v) is 4.47. The van der Waals surface area contributed by atoms with Crippen LogP contribution in [0.2, 0.25) is 0 Å². The maximum absolute atomic E-state index is 12.3. The standard InChI is InChI=1S/C20H24N2O3/c1-25-17-9-5-8-16(12-17)18(23)13-21-20(24)22-19(15-10-11-15)14-6-3-2-4-7-14/h2-9,12,15,18-19,23H,10-11,13H2,1H3,(H2,21,22,24). The van der Waals surface area contributed by atoms with Gasteiger partial charge in [-0.1, -0.05) is 42.5 Å². The molecule has 5 nitrogen and oxygen atoms in total. The number of benzene rings is 2. The van der Waals surface area contributed by atoms with Crippen LogP contribution in [0.15, 0.2) is 54.6 Å². The first kappa shape index (κ1) is 17.3. The number of rotatable bonds is 7. The highest BCUT2D eigenvalue weighted by Gasteiger charge is 2.33. The monoisotopic (exact) mass is 340 g/mol. The van der Waals surface area contributed by atoms with E-state index in [0.29, 0.717) is 17.2 Å². The number of methoxy groups -OCH3 is 1. The Morgan fingerprint density at radius 1 is 1.16 bits per heavy atom. The molecule has 2 unspecified atom stereocenters. The van der Waals surface area contributed by atoms with Crippen molar-refractivity contribution in [1.29, 1.82) is 0 Å². The maximum atomic E-state index is 12.3. The van der Waals surface area contributed by atoms with Gasteiger partial charge in [0.25, 0.3) is 0 Å². The normalized spacial score (nSPS) is 15.9. The van der Waals surface area contributed by atoms with E-state index >= 15 is 0 Å². The molecule has 1 saturated carbocycles. The van der Waals surface area contributed by atoms with Crippen molar-refractivity contribution < 1.29 is 14.6 Å². The summed E-state index contributed by atoms with van der Waals surface area (Å²) in [5.41, 5.74) is 1.83. The van der Waals surface area contributed by atoms with Gasteiger partial charge in [-0.2, -0.15) is 0 Å². The molecule has 2 aromatic carbocycles. The van der Waals surface area contributed by atoms with E-state index in [-0.39, 0.29) is 18.6 Å². The molecule has 0 saturated heterocycles. The molecule has 25 heavy (non-hydrogen) atoms. The number of aliphatic hydroxyl groups excluding tert-OH is 1. The Hall–Kier alpha value is -2.53. The van der Waals surface area contributed by atoms with Crippen molar-refractivity contribution in [2.45, 2.75) is 25.0 Å². The quantitative estimate of drug-likeness (QED) is 0.725. The van der Waals surface area contributed by atoms with Gasteiger partial charge in [-0.15, -0.1) is 0 Å². The molecule has 132 valence electrons. The molecule has 3 N–H and O–H groups in total. The molecule has 1 aliphatic rings. The number of carbonyl (C=O) groups excluding carboxylic acids is 1. The molecule has 2 aromatic rings. The number of urea groups is 1. The third kappa shape index (κ3) is 4.73.